The third-order valence-corrected chi connectivity index (χ3v) is 7.06. The number of benzene rings is 2. The monoisotopic (exact) mass is 509 g/mol. The predicted octanol–water partition coefficient (Wildman–Crippen LogP) is 3.97. The number of nitrogens with one attached hydrogen (secondary N) is 1. The van der Waals surface area contributed by atoms with Gasteiger partial charge in [0.1, 0.15) is 17.8 Å². The van der Waals surface area contributed by atoms with Crippen molar-refractivity contribution in [3.05, 3.63) is 83.7 Å². The molecule has 2 amide bonds. The Kier molecular flexibility index (Phi) is 6.91. The molecule has 38 heavy (non-hydrogen) atoms. The Morgan fingerprint density at radius 2 is 1.95 bits per heavy atom. The number of nitrogens with two attached hydrogens (primary N) is 1. The average molecular weight is 510 g/mol. The third kappa shape index (κ3) is 4.87. The molecule has 0 spiro atoms. The fourth-order valence-electron chi connectivity index (χ4n) is 4.97. The van der Waals surface area contributed by atoms with E-state index in [2.05, 4.69) is 21.9 Å². The minimum Gasteiger partial charge on any atom is -0.383 e. The third-order valence-electron chi connectivity index (χ3n) is 7.06. The Bertz CT molecular complexity index is 1520. The molecule has 2 aromatic heterocycles. The highest BCUT2D eigenvalue weighted by atomic mass is 16.2. The summed E-state index contributed by atoms with van der Waals surface area (Å²) in [5.41, 5.74) is 12.1. The molecule has 0 radical (unpaired) electrons. The van der Waals surface area contributed by atoms with Gasteiger partial charge < -0.3 is 16.0 Å². The van der Waals surface area contributed by atoms with Gasteiger partial charge in [-0.3, -0.25) is 9.59 Å². The zero-order valence-corrected chi connectivity index (χ0v) is 21.6. The molecule has 3 heterocycles. The highest BCUT2D eigenvalue weighted by Gasteiger charge is 2.28. The first kappa shape index (κ1) is 25.1. The zero-order valence-electron chi connectivity index (χ0n) is 21.6. The van der Waals surface area contributed by atoms with Crippen LogP contribution in [0.25, 0.3) is 22.3 Å². The first-order valence-electron chi connectivity index (χ1n) is 12.7. The number of anilines is 1. The van der Waals surface area contributed by atoms with Gasteiger partial charge in [0.2, 0.25) is 5.91 Å². The fraction of sp³-hybridized carbons (Fsp3) is 0.276. The number of carbonyl (C=O) groups excluding carboxylic acids is 2. The molecule has 3 N–H and O–H groups in total. The van der Waals surface area contributed by atoms with Gasteiger partial charge in [-0.25, -0.2) is 14.6 Å². The number of nitrogens with zero attached hydrogens (tertiary/aromatic N) is 5. The molecule has 1 aliphatic rings. The minimum absolute atomic E-state index is 0.0298. The number of hydrogen-bond acceptors (Lipinski definition) is 6. The molecule has 4 aromatic rings. The lowest BCUT2D eigenvalue weighted by molar-refractivity contribution is -0.127. The number of aryl methyl sites for hydroxylation is 2. The van der Waals surface area contributed by atoms with Crippen LogP contribution in [-0.2, 0) is 11.3 Å². The van der Waals surface area contributed by atoms with E-state index in [-0.39, 0.29) is 17.9 Å². The largest absolute Gasteiger partial charge is 0.383 e. The van der Waals surface area contributed by atoms with Gasteiger partial charge in [0.25, 0.3) is 5.91 Å². The van der Waals surface area contributed by atoms with E-state index in [1.54, 1.807) is 4.90 Å². The normalized spacial score (nSPS) is 15.4. The van der Waals surface area contributed by atoms with Gasteiger partial charge in [0.15, 0.2) is 5.65 Å². The summed E-state index contributed by atoms with van der Waals surface area (Å²) in [7, 11) is 0. The summed E-state index contributed by atoms with van der Waals surface area (Å²) >= 11 is 0. The van der Waals surface area contributed by atoms with Crippen molar-refractivity contribution < 1.29 is 9.59 Å². The van der Waals surface area contributed by atoms with Crippen LogP contribution < -0.4 is 11.1 Å². The molecule has 1 aliphatic heterocycles. The molecule has 1 atom stereocenters. The maximum atomic E-state index is 12.7. The van der Waals surface area contributed by atoms with Crippen LogP contribution in [0.15, 0.2) is 61.4 Å². The molecule has 1 saturated heterocycles. The fourth-order valence-corrected chi connectivity index (χ4v) is 4.97. The van der Waals surface area contributed by atoms with Crippen molar-refractivity contribution in [3.8, 4) is 11.3 Å². The molecule has 9 heteroatoms. The highest BCUT2D eigenvalue weighted by Crippen LogP contribution is 2.33. The number of fused-ring (bicyclic) bond motifs is 1. The number of nitrogen functional groups attached to an aromatic ring is 1. The molecule has 0 aliphatic carbocycles. The van der Waals surface area contributed by atoms with E-state index in [9.17, 15) is 9.59 Å². The first-order valence-corrected chi connectivity index (χ1v) is 12.7. The number of hydrogen-bond donors (Lipinski definition) is 2. The zero-order chi connectivity index (χ0) is 26.8. The molecule has 194 valence electrons. The van der Waals surface area contributed by atoms with Gasteiger partial charge >= 0.3 is 0 Å². The summed E-state index contributed by atoms with van der Waals surface area (Å²) in [5.74, 6) is 0.179. The Balaban J connectivity index is 1.39. The molecular weight excluding hydrogens is 478 g/mol. The average Bonchev–Trinajstić information content (AvgIpc) is 3.34. The van der Waals surface area contributed by atoms with Crippen LogP contribution in [0, 0.1) is 13.8 Å². The highest BCUT2D eigenvalue weighted by molar-refractivity contribution is 5.98. The van der Waals surface area contributed by atoms with Crippen molar-refractivity contribution in [3.63, 3.8) is 0 Å². The molecule has 5 rings (SSSR count). The van der Waals surface area contributed by atoms with E-state index in [0.29, 0.717) is 47.7 Å². The second-order valence-electron chi connectivity index (χ2n) is 9.73. The van der Waals surface area contributed by atoms with Crippen molar-refractivity contribution in [1.29, 1.82) is 0 Å². The molecular formula is C29H31N7O2. The van der Waals surface area contributed by atoms with E-state index in [1.807, 2.05) is 61.0 Å². The lowest BCUT2D eigenvalue weighted by Gasteiger charge is -2.32. The Morgan fingerprint density at radius 1 is 1.16 bits per heavy atom. The number of carbonyl (C=O) groups is 2. The Morgan fingerprint density at radius 3 is 2.71 bits per heavy atom. The van der Waals surface area contributed by atoms with E-state index in [0.717, 1.165) is 35.1 Å². The van der Waals surface area contributed by atoms with Gasteiger partial charge in [0.05, 0.1) is 11.4 Å². The number of likely N-dealkylation sites (tertiary alicyclic amines) is 1. The van der Waals surface area contributed by atoms with Crippen LogP contribution in [0.1, 0.15) is 45.9 Å². The van der Waals surface area contributed by atoms with Crippen LogP contribution in [0.2, 0.25) is 0 Å². The summed E-state index contributed by atoms with van der Waals surface area (Å²) in [4.78, 5) is 35.4. The lowest BCUT2D eigenvalue weighted by Crippen LogP contribution is -2.40. The van der Waals surface area contributed by atoms with Gasteiger partial charge in [-0.1, -0.05) is 48.5 Å². The Hall–Kier alpha value is -4.53. The predicted molar refractivity (Wildman–Crippen MR) is 147 cm³/mol. The molecule has 9 nitrogen and oxygen atoms in total. The summed E-state index contributed by atoms with van der Waals surface area (Å²) in [6.07, 6.45) is 4.53. The summed E-state index contributed by atoms with van der Waals surface area (Å²) in [6, 6.07) is 13.7. The maximum absolute atomic E-state index is 12.7. The number of amides is 2. The van der Waals surface area contributed by atoms with Crippen LogP contribution in [0.3, 0.4) is 0 Å². The van der Waals surface area contributed by atoms with Crippen LogP contribution in [0.5, 0.6) is 0 Å². The van der Waals surface area contributed by atoms with E-state index >= 15 is 0 Å². The van der Waals surface area contributed by atoms with E-state index < -0.39 is 0 Å². The first-order chi connectivity index (χ1) is 18.4. The molecule has 0 unspecified atom stereocenters. The molecule has 0 bridgehead atoms. The van der Waals surface area contributed by atoms with Crippen molar-refractivity contribution >= 4 is 28.7 Å². The van der Waals surface area contributed by atoms with Crippen molar-refractivity contribution in [2.75, 3.05) is 18.8 Å². The second-order valence-corrected chi connectivity index (χ2v) is 9.73. The summed E-state index contributed by atoms with van der Waals surface area (Å²) in [5, 5.41) is 8.62. The molecule has 0 saturated carbocycles. The van der Waals surface area contributed by atoms with Crippen LogP contribution in [0.4, 0.5) is 5.82 Å². The quantitative estimate of drug-likeness (QED) is 0.380. The summed E-state index contributed by atoms with van der Waals surface area (Å²) in [6.45, 7) is 9.16. The van der Waals surface area contributed by atoms with Gasteiger partial charge in [-0.05, 0) is 50.0 Å². The number of aromatic nitrogens is 4. The second kappa shape index (κ2) is 10.5. The summed E-state index contributed by atoms with van der Waals surface area (Å²) < 4.78 is 1.88. The van der Waals surface area contributed by atoms with Gasteiger partial charge in [0, 0.05) is 30.8 Å². The standard InChI is InChI=1S/C29H31N7O2/c1-4-24(37)35-13-5-6-22(16-35)36-28-25(27(30)32-17-33-28)26(34-36)21-11-9-20(10-12-21)15-31-29(38)23-14-18(2)7-8-19(23)3/h4,7-12,14,17,22H,1,5-6,13,15-16H2,2-3H3,(H,31,38)(H2,30,32,33)/t22-/m1/s1. The van der Waals surface area contributed by atoms with Crippen molar-refractivity contribution in [2.45, 2.75) is 39.3 Å². The Labute approximate surface area is 221 Å². The SMILES string of the molecule is C=CC(=O)N1CCC[C@@H](n2nc(-c3ccc(CNC(=O)c4cc(C)ccc4C)cc3)c3c(N)ncnc32)C1. The van der Waals surface area contributed by atoms with Crippen molar-refractivity contribution in [2.24, 2.45) is 0 Å². The van der Waals surface area contributed by atoms with Crippen LogP contribution in [-0.4, -0.2) is 49.6 Å². The maximum Gasteiger partial charge on any atom is 0.251 e. The number of piperidine rings is 1. The smallest absolute Gasteiger partial charge is 0.251 e. The van der Waals surface area contributed by atoms with Crippen molar-refractivity contribution in [1.82, 2.24) is 30.0 Å². The number of rotatable bonds is 6. The topological polar surface area (TPSA) is 119 Å². The molecule has 2 aromatic carbocycles. The lowest BCUT2D eigenvalue weighted by atomic mass is 10.0. The minimum atomic E-state index is -0.0959. The van der Waals surface area contributed by atoms with Crippen LogP contribution >= 0.6 is 0 Å². The molecule has 1 fully saturated rings. The van der Waals surface area contributed by atoms with Gasteiger partial charge in [-0.2, -0.15) is 5.10 Å². The van der Waals surface area contributed by atoms with Gasteiger partial charge in [-0.15, -0.1) is 0 Å². The van der Waals surface area contributed by atoms with E-state index in [1.165, 1.54) is 12.4 Å². The van der Waals surface area contributed by atoms with E-state index in [4.69, 9.17) is 10.8 Å².